The van der Waals surface area contributed by atoms with Crippen LogP contribution in [-0.2, 0) is 12.8 Å². The average Bonchev–Trinajstić information content (AvgIpc) is 3.49. The molecule has 0 amide bonds. The highest BCUT2D eigenvalue weighted by Crippen LogP contribution is 2.42. The van der Waals surface area contributed by atoms with Crippen LogP contribution >= 0.6 is 0 Å². The number of fused-ring (bicyclic) bond motifs is 2. The lowest BCUT2D eigenvalue weighted by Crippen LogP contribution is -2.28. The number of hydrogen-bond acceptors (Lipinski definition) is 8. The summed E-state index contributed by atoms with van der Waals surface area (Å²) in [5, 5.41) is 0. The largest absolute Gasteiger partial charge is 0.497 e. The number of hydrogen-bond donors (Lipinski definition) is 1. The van der Waals surface area contributed by atoms with Gasteiger partial charge in [0.15, 0.2) is 0 Å². The molecule has 6 rings (SSSR count). The van der Waals surface area contributed by atoms with Gasteiger partial charge in [-0.15, -0.1) is 0 Å². The predicted molar refractivity (Wildman–Crippen MR) is 135 cm³/mol. The number of nitrogen functional groups attached to an aromatic ring is 1. The third-order valence-corrected chi connectivity index (χ3v) is 7.06. The maximum Gasteiger partial charge on any atom is 0.220 e. The van der Waals surface area contributed by atoms with Crippen LogP contribution in [0.25, 0.3) is 11.3 Å². The van der Waals surface area contributed by atoms with E-state index in [-0.39, 0.29) is 18.0 Å². The molecule has 1 aromatic heterocycles. The summed E-state index contributed by atoms with van der Waals surface area (Å²) in [6.07, 6.45) is 4.48. The van der Waals surface area contributed by atoms with Gasteiger partial charge in [0.1, 0.15) is 23.4 Å². The van der Waals surface area contributed by atoms with Crippen LogP contribution in [-0.4, -0.2) is 60.5 Å². The number of rotatable bonds is 5. The second kappa shape index (κ2) is 8.85. The Kier molecular flexibility index (Phi) is 5.53. The minimum atomic E-state index is 0.163. The molecule has 2 N–H and O–H groups in total. The van der Waals surface area contributed by atoms with Crippen LogP contribution in [0.1, 0.15) is 17.5 Å². The van der Waals surface area contributed by atoms with Gasteiger partial charge in [-0.3, -0.25) is 4.99 Å². The lowest BCUT2D eigenvalue weighted by atomic mass is 9.90. The molecule has 0 spiro atoms. The van der Waals surface area contributed by atoms with Crippen molar-refractivity contribution >= 4 is 17.3 Å². The number of anilines is 1. The minimum absolute atomic E-state index is 0.163. The molecule has 3 aliphatic rings. The van der Waals surface area contributed by atoms with Gasteiger partial charge >= 0.3 is 0 Å². The number of aliphatic imine (C=N–C) groups is 1. The highest BCUT2D eigenvalue weighted by atomic mass is 16.5. The minimum Gasteiger partial charge on any atom is -0.497 e. The van der Waals surface area contributed by atoms with Crippen molar-refractivity contribution in [3.8, 4) is 28.5 Å². The van der Waals surface area contributed by atoms with Crippen molar-refractivity contribution in [1.82, 2.24) is 14.9 Å². The van der Waals surface area contributed by atoms with E-state index in [4.69, 9.17) is 24.9 Å². The molecule has 8 heteroatoms. The predicted octanol–water partition coefficient (Wildman–Crippen LogP) is 3.70. The van der Waals surface area contributed by atoms with E-state index >= 15 is 0 Å². The fraction of sp³-hybridized carbons (Fsp3) is 0.370. The second-order valence-electron chi connectivity index (χ2n) is 9.53. The molecule has 8 nitrogen and oxygen atoms in total. The summed E-state index contributed by atoms with van der Waals surface area (Å²) in [7, 11) is 3.82. The molecule has 0 bridgehead atoms. The maximum absolute atomic E-state index is 6.57. The summed E-state index contributed by atoms with van der Waals surface area (Å²) in [5.41, 5.74) is 11.9. The van der Waals surface area contributed by atoms with E-state index in [2.05, 4.69) is 40.1 Å². The highest BCUT2D eigenvalue weighted by Gasteiger charge is 2.31. The van der Waals surface area contributed by atoms with E-state index in [1.807, 2.05) is 18.2 Å². The zero-order valence-electron chi connectivity index (χ0n) is 20.0. The zero-order valence-corrected chi connectivity index (χ0v) is 20.0. The molecule has 2 aromatic carbocycles. The van der Waals surface area contributed by atoms with E-state index in [9.17, 15) is 0 Å². The summed E-state index contributed by atoms with van der Waals surface area (Å²) < 4.78 is 18.1. The molecule has 2 unspecified atom stereocenters. The van der Waals surface area contributed by atoms with Crippen LogP contribution in [0.4, 0.5) is 11.6 Å². The molecule has 0 aliphatic carbocycles. The van der Waals surface area contributed by atoms with Gasteiger partial charge in [-0.1, -0.05) is 0 Å². The van der Waals surface area contributed by atoms with Gasteiger partial charge in [0, 0.05) is 48.5 Å². The first kappa shape index (κ1) is 21.9. The molecule has 180 valence electrons. The number of nitrogens with two attached hydrogens (primary N) is 1. The first-order valence-electron chi connectivity index (χ1n) is 12.0. The van der Waals surface area contributed by atoms with Crippen LogP contribution in [0.2, 0.25) is 0 Å². The van der Waals surface area contributed by atoms with Crippen molar-refractivity contribution < 1.29 is 14.2 Å². The standard InChI is InChI=1S/C27H29N5O3/c1-32-8-6-20(14-32)35-26-12-16(22-5-7-29-27(28)31-22)11-24-21(26)13-23(30-24)18-9-17-10-19(33-2)3-4-25(17)34-15-18/h3-5,7,10-12,18,20H,6,8-9,13-15H2,1-2H3,(H2,28,29,31). The normalized spacial score (nSPS) is 21.1. The molecule has 0 saturated carbocycles. The van der Waals surface area contributed by atoms with Crippen molar-refractivity contribution in [1.29, 1.82) is 0 Å². The smallest absolute Gasteiger partial charge is 0.220 e. The van der Waals surface area contributed by atoms with Gasteiger partial charge in [0.2, 0.25) is 5.95 Å². The van der Waals surface area contributed by atoms with Crippen molar-refractivity contribution in [2.75, 3.05) is 39.6 Å². The molecule has 1 saturated heterocycles. The van der Waals surface area contributed by atoms with E-state index < -0.39 is 0 Å². The molecule has 1 fully saturated rings. The Morgan fingerprint density at radius 3 is 2.89 bits per heavy atom. The number of nitrogens with zero attached hydrogens (tertiary/aromatic N) is 4. The third-order valence-electron chi connectivity index (χ3n) is 7.06. The first-order valence-corrected chi connectivity index (χ1v) is 12.0. The number of benzene rings is 2. The van der Waals surface area contributed by atoms with E-state index in [0.29, 0.717) is 6.61 Å². The van der Waals surface area contributed by atoms with E-state index in [1.165, 1.54) is 0 Å². The average molecular weight is 472 g/mol. The monoisotopic (exact) mass is 471 g/mol. The maximum atomic E-state index is 6.57. The molecule has 0 radical (unpaired) electrons. The fourth-order valence-electron chi connectivity index (χ4n) is 5.19. The van der Waals surface area contributed by atoms with Crippen molar-refractivity contribution in [2.24, 2.45) is 10.9 Å². The summed E-state index contributed by atoms with van der Waals surface area (Å²) in [6.45, 7) is 2.58. The number of methoxy groups -OCH3 is 1. The quantitative estimate of drug-likeness (QED) is 0.606. The Morgan fingerprint density at radius 1 is 1.17 bits per heavy atom. The Morgan fingerprint density at radius 2 is 2.09 bits per heavy atom. The summed E-state index contributed by atoms with van der Waals surface area (Å²) in [6, 6.07) is 12.0. The van der Waals surface area contributed by atoms with Crippen LogP contribution in [0.5, 0.6) is 17.2 Å². The zero-order chi connectivity index (χ0) is 23.9. The van der Waals surface area contributed by atoms with Crippen LogP contribution < -0.4 is 19.9 Å². The van der Waals surface area contributed by atoms with Crippen LogP contribution in [0.15, 0.2) is 47.6 Å². The van der Waals surface area contributed by atoms with E-state index in [1.54, 1.807) is 13.3 Å². The summed E-state index contributed by atoms with van der Waals surface area (Å²) in [4.78, 5) is 15.9. The van der Waals surface area contributed by atoms with Gasteiger partial charge in [-0.25, -0.2) is 9.97 Å². The lowest BCUT2D eigenvalue weighted by molar-refractivity contribution is 0.207. The topological polar surface area (TPSA) is 95.1 Å². The molecule has 35 heavy (non-hydrogen) atoms. The Bertz CT molecular complexity index is 1310. The second-order valence-corrected chi connectivity index (χ2v) is 9.53. The Hall–Kier alpha value is -3.65. The molecule has 4 heterocycles. The summed E-state index contributed by atoms with van der Waals surface area (Å²) in [5.74, 6) is 3.10. The van der Waals surface area contributed by atoms with Crippen molar-refractivity contribution in [3.05, 3.63) is 53.7 Å². The molecule has 2 atom stereocenters. The van der Waals surface area contributed by atoms with Crippen molar-refractivity contribution in [2.45, 2.75) is 25.4 Å². The Labute approximate surface area is 204 Å². The highest BCUT2D eigenvalue weighted by molar-refractivity contribution is 5.98. The van der Waals surface area contributed by atoms with Gasteiger partial charge in [-0.2, -0.15) is 0 Å². The lowest BCUT2D eigenvalue weighted by Gasteiger charge is -2.26. The molecule has 3 aliphatic heterocycles. The van der Waals surface area contributed by atoms with Gasteiger partial charge < -0.3 is 24.8 Å². The van der Waals surface area contributed by atoms with Crippen molar-refractivity contribution in [3.63, 3.8) is 0 Å². The Balaban J connectivity index is 1.33. The fourth-order valence-corrected chi connectivity index (χ4v) is 5.19. The molecular formula is C27H29N5O3. The summed E-state index contributed by atoms with van der Waals surface area (Å²) >= 11 is 0. The first-order chi connectivity index (χ1) is 17.1. The third kappa shape index (κ3) is 4.30. The number of ether oxygens (including phenoxy) is 3. The number of aromatic nitrogens is 2. The van der Waals surface area contributed by atoms with Gasteiger partial charge in [-0.05, 0) is 61.9 Å². The van der Waals surface area contributed by atoms with Crippen LogP contribution in [0.3, 0.4) is 0 Å². The SMILES string of the molecule is COc1ccc2c(c1)CC(C1=Nc3cc(-c4ccnc(N)n4)cc(OC4CCN(C)C4)c3C1)CO2. The number of likely N-dealkylation sites (tertiary alicyclic amines) is 1. The van der Waals surface area contributed by atoms with Gasteiger partial charge in [0.05, 0.1) is 25.1 Å². The number of likely N-dealkylation sites (N-methyl/N-ethyl adjacent to an activating group) is 1. The van der Waals surface area contributed by atoms with E-state index in [0.717, 1.165) is 83.4 Å². The molecular weight excluding hydrogens is 442 g/mol. The van der Waals surface area contributed by atoms with Crippen LogP contribution in [0, 0.1) is 5.92 Å². The van der Waals surface area contributed by atoms with Gasteiger partial charge in [0.25, 0.3) is 0 Å². The molecule has 3 aromatic rings.